The second kappa shape index (κ2) is 3.04. The molecule has 1 aliphatic rings. The number of aliphatic hydroxyl groups excluding tert-OH is 1. The van der Waals surface area contributed by atoms with Crippen LogP contribution >= 0.6 is 0 Å². The molecule has 0 bridgehead atoms. The van der Waals surface area contributed by atoms with Crippen LogP contribution in [0.15, 0.2) is 12.1 Å². The standard InChI is InChI=1S/C11H15NO/c1-7-3-4-9-5-10(13)6-12-11(9)8(7)2/h3-4,10,12-13H,5-6H2,1-2H3/t10-/m0/s1. The van der Waals surface area contributed by atoms with Crippen LogP contribution in [0.2, 0.25) is 0 Å². The highest BCUT2D eigenvalue weighted by molar-refractivity contribution is 5.61. The molecule has 1 aromatic carbocycles. The number of hydrogen-bond acceptors (Lipinski definition) is 2. The average molecular weight is 177 g/mol. The monoisotopic (exact) mass is 177 g/mol. The maximum atomic E-state index is 9.45. The van der Waals surface area contributed by atoms with Crippen molar-refractivity contribution in [1.29, 1.82) is 0 Å². The summed E-state index contributed by atoms with van der Waals surface area (Å²) in [7, 11) is 0. The van der Waals surface area contributed by atoms with E-state index in [2.05, 4.69) is 31.3 Å². The molecule has 2 heteroatoms. The van der Waals surface area contributed by atoms with E-state index in [1.807, 2.05) is 0 Å². The van der Waals surface area contributed by atoms with Crippen LogP contribution in [0, 0.1) is 13.8 Å². The van der Waals surface area contributed by atoms with Crippen LogP contribution in [0.5, 0.6) is 0 Å². The van der Waals surface area contributed by atoms with Crippen molar-refractivity contribution in [2.45, 2.75) is 26.4 Å². The van der Waals surface area contributed by atoms with Crippen LogP contribution in [0.3, 0.4) is 0 Å². The van der Waals surface area contributed by atoms with E-state index in [0.717, 1.165) is 6.42 Å². The Morgan fingerprint density at radius 2 is 2.15 bits per heavy atom. The van der Waals surface area contributed by atoms with E-state index in [0.29, 0.717) is 6.54 Å². The number of benzene rings is 1. The van der Waals surface area contributed by atoms with Gasteiger partial charge in [-0.05, 0) is 30.5 Å². The molecule has 0 saturated heterocycles. The summed E-state index contributed by atoms with van der Waals surface area (Å²) in [6, 6.07) is 4.22. The minimum Gasteiger partial charge on any atom is -0.391 e. The lowest BCUT2D eigenvalue weighted by molar-refractivity contribution is 0.184. The normalized spacial score (nSPS) is 20.7. The molecule has 1 heterocycles. The summed E-state index contributed by atoms with van der Waals surface area (Å²) in [5.41, 5.74) is 5.08. The topological polar surface area (TPSA) is 32.3 Å². The van der Waals surface area contributed by atoms with Crippen molar-refractivity contribution < 1.29 is 5.11 Å². The van der Waals surface area contributed by atoms with Crippen LogP contribution < -0.4 is 5.32 Å². The fourth-order valence-corrected chi connectivity index (χ4v) is 1.83. The van der Waals surface area contributed by atoms with Gasteiger partial charge in [-0.1, -0.05) is 12.1 Å². The van der Waals surface area contributed by atoms with Crippen molar-refractivity contribution in [1.82, 2.24) is 0 Å². The van der Waals surface area contributed by atoms with Gasteiger partial charge in [-0.25, -0.2) is 0 Å². The van der Waals surface area contributed by atoms with Crippen LogP contribution in [0.4, 0.5) is 5.69 Å². The maximum absolute atomic E-state index is 9.45. The summed E-state index contributed by atoms with van der Waals surface area (Å²) in [5, 5.41) is 12.7. The van der Waals surface area contributed by atoms with Crippen LogP contribution in [-0.2, 0) is 6.42 Å². The molecule has 1 atom stereocenters. The van der Waals surface area contributed by atoms with Crippen LogP contribution in [-0.4, -0.2) is 17.8 Å². The number of aliphatic hydroxyl groups is 1. The molecule has 0 saturated carbocycles. The molecular formula is C11H15NO. The smallest absolute Gasteiger partial charge is 0.0753 e. The van der Waals surface area contributed by atoms with Crippen molar-refractivity contribution in [2.75, 3.05) is 11.9 Å². The van der Waals surface area contributed by atoms with E-state index in [1.165, 1.54) is 22.4 Å². The lowest BCUT2D eigenvalue weighted by Crippen LogP contribution is -2.28. The Labute approximate surface area is 78.6 Å². The van der Waals surface area contributed by atoms with Crippen molar-refractivity contribution >= 4 is 5.69 Å². The van der Waals surface area contributed by atoms with E-state index in [-0.39, 0.29) is 6.10 Å². The van der Waals surface area contributed by atoms with Gasteiger partial charge in [-0.15, -0.1) is 0 Å². The van der Waals surface area contributed by atoms with Gasteiger partial charge >= 0.3 is 0 Å². The van der Waals surface area contributed by atoms with Crippen molar-refractivity contribution in [3.63, 3.8) is 0 Å². The van der Waals surface area contributed by atoms with Gasteiger partial charge in [0.05, 0.1) is 6.10 Å². The van der Waals surface area contributed by atoms with Crippen LogP contribution in [0.25, 0.3) is 0 Å². The fraction of sp³-hybridized carbons (Fsp3) is 0.455. The van der Waals surface area contributed by atoms with Gasteiger partial charge in [0.2, 0.25) is 0 Å². The number of aryl methyl sites for hydroxylation is 1. The molecular weight excluding hydrogens is 162 g/mol. The molecule has 0 spiro atoms. The second-order valence-corrected chi connectivity index (χ2v) is 3.78. The third-order valence-corrected chi connectivity index (χ3v) is 2.79. The molecule has 0 radical (unpaired) electrons. The zero-order chi connectivity index (χ0) is 9.42. The first kappa shape index (κ1) is 8.57. The molecule has 1 aliphatic heterocycles. The summed E-state index contributed by atoms with van der Waals surface area (Å²) in [6.07, 6.45) is 0.554. The number of nitrogens with one attached hydrogen (secondary N) is 1. The van der Waals surface area contributed by atoms with Gasteiger partial charge in [0.25, 0.3) is 0 Å². The van der Waals surface area contributed by atoms with Gasteiger partial charge in [0.1, 0.15) is 0 Å². The first-order valence-corrected chi connectivity index (χ1v) is 4.69. The Bertz CT molecular complexity index is 333. The maximum Gasteiger partial charge on any atom is 0.0753 e. The van der Waals surface area contributed by atoms with E-state index in [4.69, 9.17) is 0 Å². The molecule has 0 aliphatic carbocycles. The third-order valence-electron chi connectivity index (χ3n) is 2.79. The van der Waals surface area contributed by atoms with Crippen LogP contribution in [0.1, 0.15) is 16.7 Å². The minimum atomic E-state index is -0.227. The fourth-order valence-electron chi connectivity index (χ4n) is 1.83. The first-order chi connectivity index (χ1) is 6.18. The summed E-state index contributed by atoms with van der Waals surface area (Å²) in [5.74, 6) is 0. The van der Waals surface area contributed by atoms with E-state index < -0.39 is 0 Å². The van der Waals surface area contributed by atoms with Crippen molar-refractivity contribution in [3.8, 4) is 0 Å². The van der Waals surface area contributed by atoms with Gasteiger partial charge in [-0.2, -0.15) is 0 Å². The largest absolute Gasteiger partial charge is 0.391 e. The number of anilines is 1. The summed E-state index contributed by atoms with van der Waals surface area (Å²) >= 11 is 0. The molecule has 0 amide bonds. The lowest BCUT2D eigenvalue weighted by Gasteiger charge is -2.24. The Balaban J connectivity index is 2.47. The van der Waals surface area contributed by atoms with Gasteiger partial charge < -0.3 is 10.4 Å². The summed E-state index contributed by atoms with van der Waals surface area (Å²) in [6.45, 7) is 4.92. The molecule has 0 fully saturated rings. The van der Waals surface area contributed by atoms with E-state index in [1.54, 1.807) is 0 Å². The number of rotatable bonds is 0. The molecule has 2 nitrogen and oxygen atoms in total. The predicted octanol–water partition coefficient (Wildman–Crippen LogP) is 1.63. The average Bonchev–Trinajstić information content (AvgIpc) is 2.12. The highest BCUT2D eigenvalue weighted by Crippen LogP contribution is 2.27. The Morgan fingerprint density at radius 1 is 1.38 bits per heavy atom. The number of hydrogen-bond donors (Lipinski definition) is 2. The molecule has 13 heavy (non-hydrogen) atoms. The Morgan fingerprint density at radius 3 is 2.92 bits per heavy atom. The summed E-state index contributed by atoms with van der Waals surface area (Å²) in [4.78, 5) is 0. The molecule has 1 aromatic rings. The SMILES string of the molecule is Cc1ccc2c(c1C)NC[C@@H](O)C2. The third kappa shape index (κ3) is 1.42. The van der Waals surface area contributed by atoms with E-state index >= 15 is 0 Å². The quantitative estimate of drug-likeness (QED) is 0.631. The molecule has 0 aromatic heterocycles. The highest BCUT2D eigenvalue weighted by Gasteiger charge is 2.17. The molecule has 0 unspecified atom stereocenters. The minimum absolute atomic E-state index is 0.227. The Kier molecular flexibility index (Phi) is 2.00. The lowest BCUT2D eigenvalue weighted by atomic mass is 9.96. The zero-order valence-electron chi connectivity index (χ0n) is 8.09. The van der Waals surface area contributed by atoms with E-state index in [9.17, 15) is 5.11 Å². The van der Waals surface area contributed by atoms with Crippen molar-refractivity contribution in [3.05, 3.63) is 28.8 Å². The van der Waals surface area contributed by atoms with Crippen molar-refractivity contribution in [2.24, 2.45) is 0 Å². The Hall–Kier alpha value is -1.02. The first-order valence-electron chi connectivity index (χ1n) is 4.69. The molecule has 2 rings (SSSR count). The van der Waals surface area contributed by atoms with Gasteiger partial charge in [0.15, 0.2) is 0 Å². The summed E-state index contributed by atoms with van der Waals surface area (Å²) < 4.78 is 0. The van der Waals surface area contributed by atoms with Gasteiger partial charge in [-0.3, -0.25) is 0 Å². The van der Waals surface area contributed by atoms with Gasteiger partial charge in [0, 0.05) is 18.7 Å². The number of fused-ring (bicyclic) bond motifs is 1. The molecule has 2 N–H and O–H groups in total. The highest BCUT2D eigenvalue weighted by atomic mass is 16.3. The zero-order valence-corrected chi connectivity index (χ0v) is 8.09. The number of β-amino-alcohol motifs (C(OH)–C–C–N with tert-alkyl or cyclic N) is 1. The predicted molar refractivity (Wildman–Crippen MR) is 54.1 cm³/mol. The second-order valence-electron chi connectivity index (χ2n) is 3.78. The molecule has 70 valence electrons.